The fourth-order valence-corrected chi connectivity index (χ4v) is 8.46. The average Bonchev–Trinajstić information content (AvgIpc) is 3.49. The van der Waals surface area contributed by atoms with E-state index in [2.05, 4.69) is 203 Å². The Labute approximate surface area is 510 Å². The maximum Gasteiger partial charge on any atom is 0.306 e. The number of ether oxygens (including phenoxy) is 3. The zero-order valence-electron chi connectivity index (χ0n) is 53.1. The van der Waals surface area contributed by atoms with Crippen LogP contribution in [0.2, 0.25) is 0 Å². The van der Waals surface area contributed by atoms with Gasteiger partial charge in [0.2, 0.25) is 0 Å². The highest BCUT2D eigenvalue weighted by Gasteiger charge is 2.19. The second-order valence-corrected chi connectivity index (χ2v) is 21.3. The molecule has 83 heavy (non-hydrogen) atoms. The lowest BCUT2D eigenvalue weighted by Gasteiger charge is -2.18. The van der Waals surface area contributed by atoms with Crippen molar-refractivity contribution in [2.75, 3.05) is 13.2 Å². The van der Waals surface area contributed by atoms with E-state index < -0.39 is 6.10 Å². The number of unbranched alkanes of at least 4 members (excludes halogenated alkanes) is 17. The number of hydrogen-bond donors (Lipinski definition) is 0. The van der Waals surface area contributed by atoms with Crippen molar-refractivity contribution in [2.45, 2.75) is 271 Å². The topological polar surface area (TPSA) is 78.9 Å². The van der Waals surface area contributed by atoms with E-state index in [1.165, 1.54) is 25.7 Å². The molecule has 0 saturated carbocycles. The molecule has 6 heteroatoms. The average molecular weight is 1140 g/mol. The minimum absolute atomic E-state index is 0.108. The van der Waals surface area contributed by atoms with Gasteiger partial charge in [-0.25, -0.2) is 0 Å². The first kappa shape index (κ1) is 77.5. The van der Waals surface area contributed by atoms with Gasteiger partial charge >= 0.3 is 17.9 Å². The van der Waals surface area contributed by atoms with Crippen molar-refractivity contribution >= 4 is 17.9 Å². The van der Waals surface area contributed by atoms with Crippen LogP contribution in [0.15, 0.2) is 182 Å². The molecule has 0 aliphatic rings. The van der Waals surface area contributed by atoms with Crippen LogP contribution in [0.4, 0.5) is 0 Å². The molecule has 0 spiro atoms. The monoisotopic (exact) mass is 1140 g/mol. The molecule has 0 aromatic rings. The van der Waals surface area contributed by atoms with Gasteiger partial charge in [-0.3, -0.25) is 14.4 Å². The first-order valence-electron chi connectivity index (χ1n) is 33.3. The third-order valence-electron chi connectivity index (χ3n) is 13.4. The van der Waals surface area contributed by atoms with Crippen LogP contribution in [0.1, 0.15) is 265 Å². The SMILES string of the molecule is CC/C=C\C/C=C\C/C=C\C/C=C\C/C=C\C/C=C\C/C=C\C/C=C\C/C=C\C/C=C\CCCCCCC(=O)OCC(COC(=O)CCCCCCC/C=C\C/C=C\CCCCC)OC(=O)CCCCCCC/C=C\C/C=C\C/C=C\CC. The molecular formula is C77H120O6. The third-order valence-corrected chi connectivity index (χ3v) is 13.4. The Balaban J connectivity index is 4.38. The molecule has 1 unspecified atom stereocenters. The molecule has 0 aliphatic heterocycles. The number of carbonyl (C=O) groups is 3. The number of rotatable bonds is 58. The fraction of sp³-hybridized carbons (Fsp3) is 0.571. The van der Waals surface area contributed by atoms with E-state index in [0.29, 0.717) is 19.3 Å². The Hall–Kier alpha value is -5.49. The van der Waals surface area contributed by atoms with Crippen LogP contribution in [0, 0.1) is 0 Å². The molecule has 464 valence electrons. The van der Waals surface area contributed by atoms with Gasteiger partial charge in [0.25, 0.3) is 0 Å². The maximum absolute atomic E-state index is 12.9. The van der Waals surface area contributed by atoms with Gasteiger partial charge in [-0.05, 0) is 161 Å². The quantitative estimate of drug-likeness (QED) is 0.0261. The molecule has 0 bridgehead atoms. The predicted molar refractivity (Wildman–Crippen MR) is 361 cm³/mol. The lowest BCUT2D eigenvalue weighted by molar-refractivity contribution is -0.167. The van der Waals surface area contributed by atoms with Crippen LogP contribution in [0.5, 0.6) is 0 Å². The van der Waals surface area contributed by atoms with Gasteiger partial charge in [0.15, 0.2) is 6.10 Å². The minimum Gasteiger partial charge on any atom is -0.462 e. The van der Waals surface area contributed by atoms with Crippen molar-refractivity contribution in [2.24, 2.45) is 0 Å². The van der Waals surface area contributed by atoms with Gasteiger partial charge in [-0.2, -0.15) is 0 Å². The largest absolute Gasteiger partial charge is 0.462 e. The highest BCUT2D eigenvalue weighted by molar-refractivity contribution is 5.71. The summed E-state index contributed by atoms with van der Waals surface area (Å²) in [5, 5.41) is 0. The zero-order chi connectivity index (χ0) is 59.9. The minimum atomic E-state index is -0.814. The van der Waals surface area contributed by atoms with Gasteiger partial charge < -0.3 is 14.2 Å². The van der Waals surface area contributed by atoms with Crippen LogP contribution in [0.3, 0.4) is 0 Å². The summed E-state index contributed by atoms with van der Waals surface area (Å²) in [6.07, 6.45) is 103. The van der Waals surface area contributed by atoms with E-state index in [1.807, 2.05) is 0 Å². The molecule has 0 heterocycles. The second-order valence-electron chi connectivity index (χ2n) is 21.3. The lowest BCUT2D eigenvalue weighted by Crippen LogP contribution is -2.30. The standard InChI is InChI=1S/C77H120O6/c1-4-7-10-13-16-19-22-25-28-29-30-31-32-33-34-35-36-37-38-39-40-41-42-43-44-45-46-47-50-52-55-58-61-64-67-70-76(79)82-73-74(83-77(80)71-68-65-62-59-56-53-49-27-24-21-18-15-12-9-6-3)72-81-75(78)69-66-63-60-57-54-51-48-26-23-20-17-14-11-8-5-2/h7,9-10,12,16-21,25-28,30-31,33-34,36-37,39-40,42-43,45-46,48-50,52,74H,4-6,8,11,13-15,22-24,29,32,35,38,41,44,47,51,53-73H2,1-3H3/b10-7-,12-9-,19-16-,20-17-,21-18-,28-25-,31-30-,34-33-,37-36-,40-39-,43-42-,46-45-,48-26-,49-27-,52-50-. The number of carbonyl (C=O) groups excluding carboxylic acids is 3. The van der Waals surface area contributed by atoms with Crippen molar-refractivity contribution < 1.29 is 28.6 Å². The van der Waals surface area contributed by atoms with Gasteiger partial charge in [0.1, 0.15) is 13.2 Å². The lowest BCUT2D eigenvalue weighted by atomic mass is 10.1. The molecule has 0 fully saturated rings. The smallest absolute Gasteiger partial charge is 0.306 e. The van der Waals surface area contributed by atoms with E-state index in [1.54, 1.807) is 0 Å². The van der Waals surface area contributed by atoms with Crippen LogP contribution in [0.25, 0.3) is 0 Å². The van der Waals surface area contributed by atoms with Crippen molar-refractivity contribution in [3.63, 3.8) is 0 Å². The molecule has 0 amide bonds. The normalized spacial score (nSPS) is 13.3. The molecule has 1 atom stereocenters. The number of allylic oxidation sites excluding steroid dienone is 30. The predicted octanol–water partition coefficient (Wildman–Crippen LogP) is 23.2. The summed E-state index contributed by atoms with van der Waals surface area (Å²) < 4.78 is 16.9. The van der Waals surface area contributed by atoms with Crippen LogP contribution < -0.4 is 0 Å². The van der Waals surface area contributed by atoms with Gasteiger partial charge in [0.05, 0.1) is 0 Å². The molecule has 0 aromatic carbocycles. The summed E-state index contributed by atoms with van der Waals surface area (Å²) in [5.41, 5.74) is 0. The molecule has 0 rings (SSSR count). The Kier molecular flexibility index (Phi) is 64.4. The van der Waals surface area contributed by atoms with Crippen molar-refractivity contribution in [3.05, 3.63) is 182 Å². The van der Waals surface area contributed by atoms with Gasteiger partial charge in [0, 0.05) is 19.3 Å². The highest BCUT2D eigenvalue weighted by atomic mass is 16.6. The van der Waals surface area contributed by atoms with Crippen molar-refractivity contribution in [1.29, 1.82) is 0 Å². The van der Waals surface area contributed by atoms with E-state index in [4.69, 9.17) is 14.2 Å². The first-order valence-corrected chi connectivity index (χ1v) is 33.3. The number of hydrogen-bond acceptors (Lipinski definition) is 6. The van der Waals surface area contributed by atoms with Crippen LogP contribution in [-0.2, 0) is 28.6 Å². The summed E-state index contributed by atoms with van der Waals surface area (Å²) in [5.74, 6) is -0.970. The molecule has 0 aliphatic carbocycles. The molecule has 0 N–H and O–H groups in total. The molecule has 0 aromatic heterocycles. The van der Waals surface area contributed by atoms with Crippen molar-refractivity contribution in [1.82, 2.24) is 0 Å². The summed E-state index contributed by atoms with van der Waals surface area (Å²) >= 11 is 0. The Morgan fingerprint density at radius 3 is 0.735 bits per heavy atom. The fourth-order valence-electron chi connectivity index (χ4n) is 8.46. The molecule has 0 radical (unpaired) electrons. The van der Waals surface area contributed by atoms with E-state index in [-0.39, 0.29) is 31.1 Å². The third kappa shape index (κ3) is 67.2. The van der Waals surface area contributed by atoms with E-state index >= 15 is 0 Å². The summed E-state index contributed by atoms with van der Waals surface area (Å²) in [6.45, 7) is 6.33. The van der Waals surface area contributed by atoms with E-state index in [9.17, 15) is 14.4 Å². The zero-order valence-corrected chi connectivity index (χ0v) is 53.1. The molecule has 0 saturated heterocycles. The molecule has 6 nitrogen and oxygen atoms in total. The summed E-state index contributed by atoms with van der Waals surface area (Å²) in [7, 11) is 0. The van der Waals surface area contributed by atoms with E-state index in [0.717, 1.165) is 199 Å². The highest BCUT2D eigenvalue weighted by Crippen LogP contribution is 2.13. The summed E-state index contributed by atoms with van der Waals surface area (Å²) in [4.78, 5) is 38.3. The van der Waals surface area contributed by atoms with Crippen LogP contribution in [-0.4, -0.2) is 37.2 Å². The number of esters is 3. The van der Waals surface area contributed by atoms with Gasteiger partial charge in [-0.1, -0.05) is 267 Å². The van der Waals surface area contributed by atoms with Crippen molar-refractivity contribution in [3.8, 4) is 0 Å². The Bertz CT molecular complexity index is 1940. The second kappa shape index (κ2) is 69.0. The Morgan fingerprint density at radius 1 is 0.253 bits per heavy atom. The maximum atomic E-state index is 12.9. The van der Waals surface area contributed by atoms with Crippen LogP contribution >= 0.6 is 0 Å². The first-order chi connectivity index (χ1) is 41.0. The Morgan fingerprint density at radius 2 is 0.470 bits per heavy atom. The summed E-state index contributed by atoms with van der Waals surface area (Å²) in [6, 6.07) is 0. The van der Waals surface area contributed by atoms with Gasteiger partial charge in [-0.15, -0.1) is 0 Å². The molecular weight excluding hydrogens is 1020 g/mol.